The third-order valence-corrected chi connectivity index (χ3v) is 4.05. The van der Waals surface area contributed by atoms with Crippen molar-refractivity contribution >= 4 is 34.2 Å². The molecule has 114 valence electrons. The highest BCUT2D eigenvalue weighted by Gasteiger charge is 2.08. The largest absolute Gasteiger partial charge is 0.492 e. The van der Waals surface area contributed by atoms with Crippen molar-refractivity contribution in [2.75, 3.05) is 6.61 Å². The molecule has 0 saturated carbocycles. The summed E-state index contributed by atoms with van der Waals surface area (Å²) in [5.74, 6) is 0.764. The molecule has 6 heteroatoms. The van der Waals surface area contributed by atoms with Gasteiger partial charge in [0.25, 0.3) is 0 Å². The van der Waals surface area contributed by atoms with E-state index in [0.29, 0.717) is 28.8 Å². The van der Waals surface area contributed by atoms with Crippen LogP contribution in [0, 0.1) is 5.41 Å². The maximum absolute atomic E-state index is 8.22. The van der Waals surface area contributed by atoms with Crippen molar-refractivity contribution < 1.29 is 4.74 Å². The number of ether oxygens (including phenoxy) is 1. The maximum Gasteiger partial charge on any atom is 0.202 e. The number of rotatable bonds is 4. The maximum atomic E-state index is 8.22. The third kappa shape index (κ3) is 2.85. The van der Waals surface area contributed by atoms with Gasteiger partial charge in [-0.25, -0.2) is 0 Å². The zero-order valence-electron chi connectivity index (χ0n) is 12.0. The van der Waals surface area contributed by atoms with E-state index in [9.17, 15) is 0 Å². The monoisotopic (exact) mass is 335 g/mol. The lowest BCUT2D eigenvalue weighted by atomic mass is 10.3. The molecular formula is C16H15Cl2N3O. The number of fused-ring (bicyclic) bond motifs is 1. The van der Waals surface area contributed by atoms with Crippen LogP contribution < -0.4 is 10.4 Å². The third-order valence-electron chi connectivity index (χ3n) is 3.56. The Balaban J connectivity index is 1.81. The van der Waals surface area contributed by atoms with Crippen LogP contribution in [0.25, 0.3) is 11.0 Å². The molecule has 0 aliphatic carbocycles. The highest BCUT2D eigenvalue weighted by molar-refractivity contribution is 6.31. The fraction of sp³-hybridized carbons (Fsp3) is 0.188. The second-order valence-electron chi connectivity index (χ2n) is 4.97. The SMILES string of the molecule is Cn1c(=N)n(CCOc2ccc(Cl)cc2)c2ccc(Cl)cc21. The van der Waals surface area contributed by atoms with Crippen LogP contribution in [0.4, 0.5) is 0 Å². The van der Waals surface area contributed by atoms with E-state index in [2.05, 4.69) is 0 Å². The molecule has 0 fully saturated rings. The van der Waals surface area contributed by atoms with Crippen LogP contribution in [0.15, 0.2) is 42.5 Å². The second-order valence-corrected chi connectivity index (χ2v) is 5.84. The van der Waals surface area contributed by atoms with Crippen molar-refractivity contribution in [2.45, 2.75) is 6.54 Å². The molecule has 1 heterocycles. The average molecular weight is 336 g/mol. The molecule has 1 N–H and O–H groups in total. The first-order valence-electron chi connectivity index (χ1n) is 6.84. The molecule has 0 amide bonds. The van der Waals surface area contributed by atoms with E-state index in [1.54, 1.807) is 12.1 Å². The lowest BCUT2D eigenvalue weighted by molar-refractivity contribution is 0.297. The molecule has 0 aliphatic heterocycles. The number of imidazole rings is 1. The van der Waals surface area contributed by atoms with Crippen LogP contribution in [0.5, 0.6) is 5.75 Å². The lowest BCUT2D eigenvalue weighted by Crippen LogP contribution is -2.24. The smallest absolute Gasteiger partial charge is 0.202 e. The van der Waals surface area contributed by atoms with Crippen molar-refractivity contribution in [3.05, 3.63) is 58.1 Å². The van der Waals surface area contributed by atoms with Crippen LogP contribution in [-0.4, -0.2) is 15.7 Å². The van der Waals surface area contributed by atoms with Crippen LogP contribution >= 0.6 is 23.2 Å². The van der Waals surface area contributed by atoms with Crippen LogP contribution in [0.1, 0.15) is 0 Å². The second kappa shape index (κ2) is 6.07. The van der Waals surface area contributed by atoms with Crippen molar-refractivity contribution in [2.24, 2.45) is 7.05 Å². The molecule has 0 radical (unpaired) electrons. The molecule has 0 spiro atoms. The number of halogens is 2. The number of aryl methyl sites for hydroxylation is 1. The summed E-state index contributed by atoms with van der Waals surface area (Å²) in [6.45, 7) is 1.06. The standard InChI is InChI=1S/C16H15Cl2N3O/c1-20-15-10-12(18)4-7-14(15)21(16(20)19)8-9-22-13-5-2-11(17)3-6-13/h2-7,10,19H,8-9H2,1H3. The summed E-state index contributed by atoms with van der Waals surface area (Å²) in [5.41, 5.74) is 2.32. The summed E-state index contributed by atoms with van der Waals surface area (Å²) < 4.78 is 9.42. The van der Waals surface area contributed by atoms with E-state index in [1.807, 2.05) is 46.5 Å². The highest BCUT2D eigenvalue weighted by Crippen LogP contribution is 2.19. The Morgan fingerprint density at radius 2 is 1.68 bits per heavy atom. The van der Waals surface area contributed by atoms with Gasteiger partial charge in [0.1, 0.15) is 12.4 Å². The van der Waals surface area contributed by atoms with Gasteiger partial charge in [0, 0.05) is 17.1 Å². The van der Waals surface area contributed by atoms with E-state index in [-0.39, 0.29) is 0 Å². The minimum Gasteiger partial charge on any atom is -0.492 e. The van der Waals surface area contributed by atoms with Gasteiger partial charge < -0.3 is 13.9 Å². The van der Waals surface area contributed by atoms with Crippen molar-refractivity contribution in [1.29, 1.82) is 5.41 Å². The molecule has 0 bridgehead atoms. The van der Waals surface area contributed by atoms with E-state index in [1.165, 1.54) is 0 Å². The Kier molecular flexibility index (Phi) is 4.14. The normalized spacial score (nSPS) is 11.0. The number of benzene rings is 2. The Morgan fingerprint density at radius 1 is 1.00 bits per heavy atom. The first-order chi connectivity index (χ1) is 10.6. The molecule has 2 aromatic carbocycles. The number of nitrogens with zero attached hydrogens (tertiary/aromatic N) is 2. The molecule has 4 nitrogen and oxygen atoms in total. The number of hydrogen-bond acceptors (Lipinski definition) is 2. The zero-order valence-corrected chi connectivity index (χ0v) is 13.5. The molecule has 22 heavy (non-hydrogen) atoms. The summed E-state index contributed by atoms with van der Waals surface area (Å²) in [5, 5.41) is 9.56. The minimum absolute atomic E-state index is 0.414. The van der Waals surface area contributed by atoms with E-state index < -0.39 is 0 Å². The summed E-state index contributed by atoms with van der Waals surface area (Å²) in [6, 6.07) is 12.9. The summed E-state index contributed by atoms with van der Waals surface area (Å²) >= 11 is 11.9. The number of nitrogens with one attached hydrogen (secondary N) is 1. The minimum atomic E-state index is 0.414. The van der Waals surface area contributed by atoms with E-state index >= 15 is 0 Å². The molecule has 0 aliphatic rings. The summed E-state index contributed by atoms with van der Waals surface area (Å²) in [6.07, 6.45) is 0. The Labute approximate surface area is 138 Å². The predicted molar refractivity (Wildman–Crippen MR) is 88.7 cm³/mol. The van der Waals surface area contributed by atoms with Gasteiger partial charge in [-0.1, -0.05) is 23.2 Å². The summed E-state index contributed by atoms with van der Waals surface area (Å²) in [4.78, 5) is 0. The molecule has 0 unspecified atom stereocenters. The fourth-order valence-corrected chi connectivity index (χ4v) is 2.71. The van der Waals surface area contributed by atoms with Crippen molar-refractivity contribution in [3.8, 4) is 5.75 Å². The number of aromatic nitrogens is 2. The predicted octanol–water partition coefficient (Wildman–Crippen LogP) is 3.85. The summed E-state index contributed by atoms with van der Waals surface area (Å²) in [7, 11) is 1.86. The van der Waals surface area contributed by atoms with Gasteiger partial charge in [0.2, 0.25) is 5.62 Å². The van der Waals surface area contributed by atoms with Crippen LogP contribution in [0.3, 0.4) is 0 Å². The van der Waals surface area contributed by atoms with Gasteiger partial charge in [-0.3, -0.25) is 5.41 Å². The topological polar surface area (TPSA) is 42.9 Å². The molecule has 0 saturated heterocycles. The first kappa shape index (κ1) is 15.0. The molecular weight excluding hydrogens is 321 g/mol. The van der Waals surface area contributed by atoms with Gasteiger partial charge in [0.05, 0.1) is 17.6 Å². The van der Waals surface area contributed by atoms with Crippen LogP contribution in [0.2, 0.25) is 10.0 Å². The van der Waals surface area contributed by atoms with Gasteiger partial charge in [-0.15, -0.1) is 0 Å². The molecule has 0 atom stereocenters. The molecule has 1 aromatic heterocycles. The van der Waals surface area contributed by atoms with Crippen LogP contribution in [-0.2, 0) is 13.6 Å². The highest BCUT2D eigenvalue weighted by atomic mass is 35.5. The van der Waals surface area contributed by atoms with Gasteiger partial charge in [0.15, 0.2) is 0 Å². The van der Waals surface area contributed by atoms with Gasteiger partial charge in [-0.05, 0) is 42.5 Å². The quantitative estimate of drug-likeness (QED) is 0.773. The Morgan fingerprint density at radius 3 is 2.41 bits per heavy atom. The lowest BCUT2D eigenvalue weighted by Gasteiger charge is -2.08. The number of hydrogen-bond donors (Lipinski definition) is 1. The molecule has 3 rings (SSSR count). The average Bonchev–Trinajstić information content (AvgIpc) is 2.74. The molecule has 3 aromatic rings. The Bertz CT molecular complexity index is 865. The van der Waals surface area contributed by atoms with Crippen molar-refractivity contribution in [1.82, 2.24) is 9.13 Å². The first-order valence-corrected chi connectivity index (χ1v) is 7.59. The van der Waals surface area contributed by atoms with Gasteiger partial charge in [-0.2, -0.15) is 0 Å². The van der Waals surface area contributed by atoms with E-state index in [0.717, 1.165) is 16.8 Å². The fourth-order valence-electron chi connectivity index (χ4n) is 2.41. The van der Waals surface area contributed by atoms with Gasteiger partial charge >= 0.3 is 0 Å². The Hall–Kier alpha value is -1.91. The zero-order chi connectivity index (χ0) is 15.7. The van der Waals surface area contributed by atoms with Crippen molar-refractivity contribution in [3.63, 3.8) is 0 Å². The van der Waals surface area contributed by atoms with E-state index in [4.69, 9.17) is 33.3 Å².